The van der Waals surface area contributed by atoms with Gasteiger partial charge in [0.15, 0.2) is 0 Å². The van der Waals surface area contributed by atoms with Gasteiger partial charge in [-0.3, -0.25) is 9.78 Å². The van der Waals surface area contributed by atoms with Crippen LogP contribution in [0.15, 0.2) is 53.3 Å². The second-order valence-corrected chi connectivity index (χ2v) is 7.39. The van der Waals surface area contributed by atoms with Crippen molar-refractivity contribution < 1.29 is 4.79 Å². The predicted molar refractivity (Wildman–Crippen MR) is 92.9 cm³/mol. The molecule has 2 aliphatic rings. The fraction of sp³-hybridized carbons (Fsp3) is 0.368. The molecule has 1 aliphatic heterocycles. The number of nitrogens with zero attached hydrogens (tertiary/aromatic N) is 2. The molecule has 1 aliphatic carbocycles. The normalized spacial score (nSPS) is 26.3. The van der Waals surface area contributed by atoms with E-state index in [9.17, 15) is 4.79 Å². The molecule has 1 aromatic heterocycles. The Morgan fingerprint density at radius 2 is 2.00 bits per heavy atom. The van der Waals surface area contributed by atoms with E-state index in [4.69, 9.17) is 0 Å². The Morgan fingerprint density at radius 3 is 2.78 bits per heavy atom. The Hall–Kier alpha value is -1.68. The Kier molecular flexibility index (Phi) is 3.93. The summed E-state index contributed by atoms with van der Waals surface area (Å²) in [6.45, 7) is 0.882. The summed E-state index contributed by atoms with van der Waals surface area (Å²) in [5.74, 6) is 0.875. The first-order valence-electron chi connectivity index (χ1n) is 8.20. The van der Waals surface area contributed by atoms with Gasteiger partial charge in [-0.2, -0.15) is 0 Å². The average Bonchev–Trinajstić information content (AvgIpc) is 3.23. The van der Waals surface area contributed by atoms with Crippen molar-refractivity contribution in [3.63, 3.8) is 0 Å². The molecule has 3 unspecified atom stereocenters. The lowest BCUT2D eigenvalue weighted by Gasteiger charge is -2.25. The van der Waals surface area contributed by atoms with Gasteiger partial charge in [-0.15, -0.1) is 0 Å². The number of likely N-dealkylation sites (tertiary alicyclic amines) is 1. The van der Waals surface area contributed by atoms with Crippen molar-refractivity contribution in [1.82, 2.24) is 9.88 Å². The van der Waals surface area contributed by atoms with Gasteiger partial charge in [-0.05, 0) is 60.6 Å². The molecule has 3 nitrogen and oxygen atoms in total. The molecule has 2 heterocycles. The van der Waals surface area contributed by atoms with E-state index in [0.29, 0.717) is 11.8 Å². The van der Waals surface area contributed by atoms with Gasteiger partial charge in [0, 0.05) is 29.3 Å². The van der Waals surface area contributed by atoms with Crippen LogP contribution in [0.3, 0.4) is 0 Å². The molecule has 2 aromatic rings. The molecule has 0 N–H and O–H groups in total. The quantitative estimate of drug-likeness (QED) is 0.806. The third kappa shape index (κ3) is 2.92. The van der Waals surface area contributed by atoms with E-state index >= 15 is 0 Å². The Balaban J connectivity index is 1.49. The molecule has 118 valence electrons. The number of amides is 1. The van der Waals surface area contributed by atoms with Crippen LogP contribution in [0.5, 0.6) is 0 Å². The zero-order valence-corrected chi connectivity index (χ0v) is 14.4. The number of pyridine rings is 1. The SMILES string of the molecule is O=C(C1CC1c1cccc(Br)c1)N1CCCC1c1ccncc1. The topological polar surface area (TPSA) is 33.2 Å². The summed E-state index contributed by atoms with van der Waals surface area (Å²) in [4.78, 5) is 19.1. The Labute approximate surface area is 144 Å². The molecule has 2 fully saturated rings. The minimum absolute atomic E-state index is 0.159. The summed E-state index contributed by atoms with van der Waals surface area (Å²) >= 11 is 3.52. The van der Waals surface area contributed by atoms with Crippen LogP contribution in [0, 0.1) is 5.92 Å². The molecule has 0 spiro atoms. The highest BCUT2D eigenvalue weighted by atomic mass is 79.9. The Morgan fingerprint density at radius 1 is 1.17 bits per heavy atom. The van der Waals surface area contributed by atoms with Gasteiger partial charge >= 0.3 is 0 Å². The maximum atomic E-state index is 13.0. The van der Waals surface area contributed by atoms with Gasteiger partial charge in [0.1, 0.15) is 0 Å². The first kappa shape index (κ1) is 14.9. The summed E-state index contributed by atoms with van der Waals surface area (Å²) < 4.78 is 1.09. The van der Waals surface area contributed by atoms with Crippen LogP contribution in [-0.4, -0.2) is 22.3 Å². The van der Waals surface area contributed by atoms with E-state index in [2.05, 4.69) is 44.0 Å². The lowest BCUT2D eigenvalue weighted by Crippen LogP contribution is -2.32. The van der Waals surface area contributed by atoms with Crippen molar-refractivity contribution >= 4 is 21.8 Å². The number of benzene rings is 1. The summed E-state index contributed by atoms with van der Waals surface area (Å²) in [5.41, 5.74) is 2.49. The van der Waals surface area contributed by atoms with E-state index in [1.54, 1.807) is 0 Å². The van der Waals surface area contributed by atoms with Gasteiger partial charge in [0.25, 0.3) is 0 Å². The fourth-order valence-electron chi connectivity index (χ4n) is 3.75. The molecular formula is C19H19BrN2O. The molecule has 0 radical (unpaired) electrons. The minimum atomic E-state index is 0.159. The van der Waals surface area contributed by atoms with Crippen molar-refractivity contribution in [2.45, 2.75) is 31.2 Å². The molecular weight excluding hydrogens is 352 g/mol. The second-order valence-electron chi connectivity index (χ2n) is 6.47. The molecule has 1 saturated carbocycles. The van der Waals surface area contributed by atoms with Crippen LogP contribution in [0.4, 0.5) is 0 Å². The van der Waals surface area contributed by atoms with E-state index < -0.39 is 0 Å². The summed E-state index contributed by atoms with van der Waals surface area (Å²) in [5, 5.41) is 0. The molecule has 23 heavy (non-hydrogen) atoms. The highest BCUT2D eigenvalue weighted by Crippen LogP contribution is 2.50. The molecule has 3 atom stereocenters. The number of hydrogen-bond donors (Lipinski definition) is 0. The van der Waals surface area contributed by atoms with Crippen LogP contribution in [0.25, 0.3) is 0 Å². The monoisotopic (exact) mass is 370 g/mol. The number of rotatable bonds is 3. The largest absolute Gasteiger partial charge is 0.335 e. The van der Waals surface area contributed by atoms with Gasteiger partial charge in [-0.25, -0.2) is 0 Å². The zero-order chi connectivity index (χ0) is 15.8. The molecule has 0 bridgehead atoms. The molecule has 4 heteroatoms. The predicted octanol–water partition coefficient (Wildman–Crippen LogP) is 4.31. The van der Waals surface area contributed by atoms with Gasteiger partial charge in [0.2, 0.25) is 5.91 Å². The highest BCUT2D eigenvalue weighted by molar-refractivity contribution is 9.10. The smallest absolute Gasteiger partial charge is 0.226 e. The van der Waals surface area contributed by atoms with Crippen LogP contribution < -0.4 is 0 Å². The van der Waals surface area contributed by atoms with Crippen molar-refractivity contribution in [1.29, 1.82) is 0 Å². The number of carbonyl (C=O) groups is 1. The van der Waals surface area contributed by atoms with E-state index in [-0.39, 0.29) is 12.0 Å². The summed E-state index contributed by atoms with van der Waals surface area (Å²) in [6.07, 6.45) is 6.77. The molecule has 1 saturated heterocycles. The van der Waals surface area contributed by atoms with Gasteiger partial charge in [0.05, 0.1) is 6.04 Å². The summed E-state index contributed by atoms with van der Waals surface area (Å²) in [7, 11) is 0. The number of hydrogen-bond acceptors (Lipinski definition) is 2. The van der Waals surface area contributed by atoms with E-state index in [1.807, 2.05) is 30.6 Å². The molecule has 1 amide bonds. The van der Waals surface area contributed by atoms with Gasteiger partial charge in [-0.1, -0.05) is 28.1 Å². The number of carbonyl (C=O) groups excluding carboxylic acids is 1. The first-order chi connectivity index (χ1) is 11.2. The van der Waals surface area contributed by atoms with Crippen LogP contribution >= 0.6 is 15.9 Å². The fourth-order valence-corrected chi connectivity index (χ4v) is 4.17. The zero-order valence-electron chi connectivity index (χ0n) is 12.9. The summed E-state index contributed by atoms with van der Waals surface area (Å²) in [6, 6.07) is 12.7. The van der Waals surface area contributed by atoms with Crippen LogP contribution in [0.2, 0.25) is 0 Å². The second kappa shape index (κ2) is 6.08. The average molecular weight is 371 g/mol. The number of halogens is 1. The van der Waals surface area contributed by atoms with Gasteiger partial charge < -0.3 is 4.90 Å². The number of aromatic nitrogens is 1. The van der Waals surface area contributed by atoms with E-state index in [1.165, 1.54) is 11.1 Å². The molecule has 4 rings (SSSR count). The van der Waals surface area contributed by atoms with E-state index in [0.717, 1.165) is 30.3 Å². The third-order valence-corrected chi connectivity index (χ3v) is 5.50. The lowest BCUT2D eigenvalue weighted by molar-refractivity contribution is -0.133. The highest BCUT2D eigenvalue weighted by Gasteiger charge is 2.47. The standard InChI is InChI=1S/C19H19BrN2O/c20-15-4-1-3-14(11-15)16-12-17(16)19(23)22-10-2-5-18(22)13-6-8-21-9-7-13/h1,3-4,6-9,11,16-18H,2,5,10,12H2. The van der Waals surface area contributed by atoms with Crippen molar-refractivity contribution in [3.05, 3.63) is 64.4 Å². The first-order valence-corrected chi connectivity index (χ1v) is 8.99. The lowest BCUT2D eigenvalue weighted by atomic mass is 10.1. The van der Waals surface area contributed by atoms with Crippen molar-refractivity contribution in [2.75, 3.05) is 6.54 Å². The van der Waals surface area contributed by atoms with Crippen molar-refractivity contribution in [2.24, 2.45) is 5.92 Å². The van der Waals surface area contributed by atoms with Crippen LogP contribution in [-0.2, 0) is 4.79 Å². The minimum Gasteiger partial charge on any atom is -0.335 e. The Bertz CT molecular complexity index is 718. The maximum absolute atomic E-state index is 13.0. The maximum Gasteiger partial charge on any atom is 0.226 e. The van der Waals surface area contributed by atoms with Crippen molar-refractivity contribution in [3.8, 4) is 0 Å². The molecule has 1 aromatic carbocycles. The third-order valence-electron chi connectivity index (χ3n) is 5.01. The van der Waals surface area contributed by atoms with Crippen LogP contribution in [0.1, 0.15) is 42.3 Å².